The first-order valence-corrected chi connectivity index (χ1v) is 11.4. The van der Waals surface area contributed by atoms with Crippen LogP contribution >= 0.6 is 0 Å². The Morgan fingerprint density at radius 1 is 1.05 bits per heavy atom. The predicted octanol–water partition coefficient (Wildman–Crippen LogP) is 2.98. The first-order valence-electron chi connectivity index (χ1n) is 11.4. The first kappa shape index (κ1) is 26.0. The molecule has 3 aromatic rings. The van der Waals surface area contributed by atoms with Gasteiger partial charge >= 0.3 is 0 Å². The molecule has 0 radical (unpaired) electrons. The van der Waals surface area contributed by atoms with E-state index in [4.69, 9.17) is 4.74 Å². The fourth-order valence-electron chi connectivity index (χ4n) is 4.10. The van der Waals surface area contributed by atoms with E-state index < -0.39 is 40.3 Å². The molecule has 0 atom stereocenters. The van der Waals surface area contributed by atoms with Gasteiger partial charge in [-0.3, -0.25) is 24.1 Å². The topological polar surface area (TPSA) is 92.1 Å². The summed E-state index contributed by atoms with van der Waals surface area (Å²) in [7, 11) is 1.47. The fraction of sp³-hybridized carbons (Fsp3) is 0.269. The second-order valence-corrected chi connectivity index (χ2v) is 8.57. The van der Waals surface area contributed by atoms with Gasteiger partial charge in [0.15, 0.2) is 17.2 Å². The third-order valence-corrected chi connectivity index (χ3v) is 6.07. The van der Waals surface area contributed by atoms with Crippen LogP contribution < -0.4 is 10.4 Å². The van der Waals surface area contributed by atoms with Gasteiger partial charge in [-0.15, -0.1) is 0 Å². The number of amides is 1. The molecule has 4 rings (SSSR count). The van der Waals surface area contributed by atoms with E-state index >= 15 is 0 Å². The van der Waals surface area contributed by atoms with E-state index in [0.717, 1.165) is 6.07 Å². The molecule has 11 heteroatoms. The Labute approximate surface area is 210 Å². The van der Waals surface area contributed by atoms with Crippen molar-refractivity contribution in [2.24, 2.45) is 0 Å². The lowest BCUT2D eigenvalue weighted by molar-refractivity contribution is 0.0619. The van der Waals surface area contributed by atoms with Crippen LogP contribution in [0.3, 0.4) is 0 Å². The van der Waals surface area contributed by atoms with Crippen molar-refractivity contribution in [1.29, 1.82) is 0 Å². The van der Waals surface area contributed by atoms with Crippen LogP contribution in [0.25, 0.3) is 0 Å². The molecule has 8 nitrogen and oxygen atoms in total. The summed E-state index contributed by atoms with van der Waals surface area (Å²) >= 11 is 0. The standard InChI is InChI=1S/C26H24F3N3O5/c1-37-11-10-30-15-31(13-16-2-6-18(27)7-3-16)32-14-20(24(34)25(35)23(32)26(30)36)22(33)9-5-17-4-8-19(28)12-21(17)29/h2-4,6-8,12,14,35H,5,9-11,13,15H2,1H3. The minimum atomic E-state index is -1.03. The Morgan fingerprint density at radius 3 is 2.43 bits per heavy atom. The Hall–Kier alpha value is -4.12. The molecular formula is C26H24F3N3O5. The highest BCUT2D eigenvalue weighted by atomic mass is 19.1. The number of ether oxygens (including phenoxy) is 1. The zero-order valence-corrected chi connectivity index (χ0v) is 19.9. The molecule has 0 fully saturated rings. The lowest BCUT2D eigenvalue weighted by Gasteiger charge is -2.39. The van der Waals surface area contributed by atoms with Gasteiger partial charge in [-0.25, -0.2) is 13.2 Å². The van der Waals surface area contributed by atoms with Gasteiger partial charge in [0.2, 0.25) is 5.43 Å². The van der Waals surface area contributed by atoms with Crippen LogP contribution in [0.2, 0.25) is 0 Å². The van der Waals surface area contributed by atoms with Crippen LogP contribution in [0.15, 0.2) is 53.5 Å². The van der Waals surface area contributed by atoms with Crippen molar-refractivity contribution in [1.82, 2.24) is 9.58 Å². The summed E-state index contributed by atoms with van der Waals surface area (Å²) in [6.45, 7) is 0.564. The average Bonchev–Trinajstić information content (AvgIpc) is 2.87. The Balaban J connectivity index is 1.69. The van der Waals surface area contributed by atoms with Gasteiger partial charge in [0.05, 0.1) is 18.7 Å². The zero-order chi connectivity index (χ0) is 26.7. The molecule has 0 saturated heterocycles. The number of benzene rings is 2. The van der Waals surface area contributed by atoms with Crippen molar-refractivity contribution >= 4 is 11.7 Å². The summed E-state index contributed by atoms with van der Waals surface area (Å²) < 4.78 is 46.9. The third kappa shape index (κ3) is 5.51. The normalized spacial score (nSPS) is 13.1. The highest BCUT2D eigenvalue weighted by molar-refractivity contribution is 6.00. The minimum Gasteiger partial charge on any atom is -0.502 e. The lowest BCUT2D eigenvalue weighted by Crippen LogP contribution is -2.54. The first-order chi connectivity index (χ1) is 17.7. The zero-order valence-electron chi connectivity index (χ0n) is 19.9. The molecule has 1 amide bonds. The van der Waals surface area contributed by atoms with Gasteiger partial charge in [0.1, 0.15) is 24.1 Å². The van der Waals surface area contributed by atoms with Gasteiger partial charge < -0.3 is 14.7 Å². The number of fused-ring (bicyclic) bond motifs is 1. The molecule has 0 aliphatic carbocycles. The molecular weight excluding hydrogens is 491 g/mol. The van der Waals surface area contributed by atoms with Crippen molar-refractivity contribution in [2.45, 2.75) is 19.4 Å². The molecule has 2 aromatic carbocycles. The maximum atomic E-state index is 14.0. The average molecular weight is 515 g/mol. The summed E-state index contributed by atoms with van der Waals surface area (Å²) in [5.74, 6) is -4.20. The molecule has 0 spiro atoms. The Bertz CT molecular complexity index is 1390. The number of halogens is 3. The van der Waals surface area contributed by atoms with Crippen LogP contribution in [0.1, 0.15) is 38.4 Å². The number of carbonyl (C=O) groups excluding carboxylic acids is 2. The van der Waals surface area contributed by atoms with Gasteiger partial charge in [-0.2, -0.15) is 0 Å². The second kappa shape index (κ2) is 10.9. The molecule has 1 aliphatic heterocycles. The number of carbonyl (C=O) groups is 2. The largest absolute Gasteiger partial charge is 0.502 e. The van der Waals surface area contributed by atoms with Crippen molar-refractivity contribution < 1.29 is 32.6 Å². The SMILES string of the molecule is COCCN1CN(Cc2ccc(F)cc2)n2cc(C(=O)CCc3ccc(F)cc3F)c(=O)c(O)c2C1=O. The van der Waals surface area contributed by atoms with E-state index in [1.807, 2.05) is 0 Å². The molecule has 2 heterocycles. The van der Waals surface area contributed by atoms with E-state index in [1.54, 1.807) is 17.1 Å². The summed E-state index contributed by atoms with van der Waals surface area (Å²) in [6.07, 6.45) is 0.786. The molecule has 0 unspecified atom stereocenters. The molecule has 0 bridgehead atoms. The summed E-state index contributed by atoms with van der Waals surface area (Å²) in [6, 6.07) is 8.64. The Kier molecular flexibility index (Phi) is 7.63. The van der Waals surface area contributed by atoms with E-state index in [0.29, 0.717) is 11.6 Å². The number of Topliss-reactive ketones (excluding diaryl/α,β-unsaturated/α-hetero) is 1. The maximum absolute atomic E-state index is 14.0. The number of methoxy groups -OCH3 is 1. The molecule has 1 aromatic heterocycles. The maximum Gasteiger partial charge on any atom is 0.277 e. The van der Waals surface area contributed by atoms with Gasteiger partial charge in [-0.05, 0) is 35.7 Å². The van der Waals surface area contributed by atoms with Crippen molar-refractivity contribution in [3.8, 4) is 5.75 Å². The van der Waals surface area contributed by atoms with E-state index in [-0.39, 0.29) is 56.0 Å². The fourth-order valence-corrected chi connectivity index (χ4v) is 4.10. The number of nitrogens with zero attached hydrogens (tertiary/aromatic N) is 3. The molecule has 37 heavy (non-hydrogen) atoms. The number of aromatic nitrogens is 1. The molecule has 1 aliphatic rings. The monoisotopic (exact) mass is 515 g/mol. The highest BCUT2D eigenvalue weighted by Crippen LogP contribution is 2.23. The summed E-state index contributed by atoms with van der Waals surface area (Å²) in [5, 5.41) is 12.3. The predicted molar refractivity (Wildman–Crippen MR) is 127 cm³/mol. The van der Waals surface area contributed by atoms with Crippen LogP contribution in [-0.4, -0.2) is 53.3 Å². The van der Waals surface area contributed by atoms with Crippen molar-refractivity contribution in [3.63, 3.8) is 0 Å². The third-order valence-electron chi connectivity index (χ3n) is 6.07. The lowest BCUT2D eigenvalue weighted by atomic mass is 10.0. The van der Waals surface area contributed by atoms with Crippen LogP contribution in [0.5, 0.6) is 5.75 Å². The highest BCUT2D eigenvalue weighted by Gasteiger charge is 2.34. The smallest absolute Gasteiger partial charge is 0.277 e. The van der Waals surface area contributed by atoms with Crippen molar-refractivity contribution in [3.05, 3.63) is 98.7 Å². The quantitative estimate of drug-likeness (QED) is 0.441. The van der Waals surface area contributed by atoms with Crippen LogP contribution in [0, 0.1) is 17.5 Å². The van der Waals surface area contributed by atoms with Crippen molar-refractivity contribution in [2.75, 3.05) is 31.9 Å². The Morgan fingerprint density at radius 2 is 1.76 bits per heavy atom. The summed E-state index contributed by atoms with van der Waals surface area (Å²) in [5.41, 5.74) is -0.966. The van der Waals surface area contributed by atoms with Crippen LogP contribution in [-0.2, 0) is 17.7 Å². The summed E-state index contributed by atoms with van der Waals surface area (Å²) in [4.78, 5) is 40.3. The number of ketones is 1. The molecule has 1 N–H and O–H groups in total. The number of hydrogen-bond donors (Lipinski definition) is 1. The second-order valence-electron chi connectivity index (χ2n) is 8.57. The number of pyridine rings is 1. The number of hydrogen-bond acceptors (Lipinski definition) is 6. The van der Waals surface area contributed by atoms with Gasteiger partial charge in [-0.1, -0.05) is 18.2 Å². The number of rotatable bonds is 9. The van der Waals surface area contributed by atoms with E-state index in [1.165, 1.54) is 41.1 Å². The van der Waals surface area contributed by atoms with E-state index in [2.05, 4.69) is 0 Å². The van der Waals surface area contributed by atoms with Crippen LogP contribution in [0.4, 0.5) is 13.2 Å². The van der Waals surface area contributed by atoms with Gasteiger partial charge in [0, 0.05) is 32.3 Å². The molecule has 0 saturated carbocycles. The molecule has 194 valence electrons. The van der Waals surface area contributed by atoms with E-state index in [9.17, 15) is 32.7 Å². The van der Waals surface area contributed by atoms with Gasteiger partial charge in [0.25, 0.3) is 5.91 Å². The minimum absolute atomic E-state index is 0.0311. The number of aryl methyl sites for hydroxylation is 1. The number of aromatic hydroxyl groups is 1.